The summed E-state index contributed by atoms with van der Waals surface area (Å²) >= 11 is 12.9. The van der Waals surface area contributed by atoms with Gasteiger partial charge in [-0.05, 0) is 37.5 Å². The molecule has 28 heavy (non-hydrogen) atoms. The Kier molecular flexibility index (Phi) is 5.01. The second kappa shape index (κ2) is 7.20. The fourth-order valence-corrected chi connectivity index (χ4v) is 5.57. The van der Waals surface area contributed by atoms with Crippen LogP contribution in [0.25, 0.3) is 22.0 Å². The quantitative estimate of drug-likeness (QED) is 0.495. The number of aromatic nitrogens is 2. The normalized spacial score (nSPS) is 20.1. The van der Waals surface area contributed by atoms with Crippen molar-refractivity contribution in [2.75, 3.05) is 5.73 Å². The number of hydrogen-bond donors (Lipinski definition) is 4. The fourth-order valence-electron chi connectivity index (χ4n) is 3.53. The first-order valence-electron chi connectivity index (χ1n) is 8.70. The van der Waals surface area contributed by atoms with Crippen LogP contribution < -0.4 is 10.5 Å². The second-order valence-electron chi connectivity index (χ2n) is 6.83. The Bertz CT molecular complexity index is 1160. The van der Waals surface area contributed by atoms with Crippen molar-refractivity contribution in [3.63, 3.8) is 0 Å². The highest BCUT2D eigenvalue weighted by atomic mass is 35.5. The molecule has 2 unspecified atom stereocenters. The van der Waals surface area contributed by atoms with Gasteiger partial charge in [0.05, 0.1) is 26.9 Å². The van der Waals surface area contributed by atoms with Crippen molar-refractivity contribution in [2.45, 2.75) is 36.3 Å². The van der Waals surface area contributed by atoms with Crippen molar-refractivity contribution in [3.05, 3.63) is 40.4 Å². The Labute approximate surface area is 171 Å². The molecule has 2 atom stereocenters. The standard InChI is InChI=1S/C18H18Cl2N4O3S/c19-12-8-9(28(26,27)24-13-2-1-3-15(13)25)4-5-10(12)11-6-7-14-16(17(11)20)18(21)23-22-14/h4-8,13,15,24-25H,1-3H2,(H3,21,22,23). The fraction of sp³-hybridized carbons (Fsp3) is 0.278. The zero-order chi connectivity index (χ0) is 20.1. The van der Waals surface area contributed by atoms with Crippen LogP contribution in [0.4, 0.5) is 5.82 Å². The average molecular weight is 441 g/mol. The molecule has 0 saturated heterocycles. The molecule has 0 spiro atoms. The van der Waals surface area contributed by atoms with Gasteiger partial charge in [-0.15, -0.1) is 0 Å². The Morgan fingerprint density at radius 2 is 1.93 bits per heavy atom. The molecule has 0 amide bonds. The number of nitrogens with two attached hydrogens (primary N) is 1. The van der Waals surface area contributed by atoms with Gasteiger partial charge >= 0.3 is 0 Å². The molecule has 0 radical (unpaired) electrons. The van der Waals surface area contributed by atoms with Crippen molar-refractivity contribution in [1.82, 2.24) is 14.9 Å². The molecule has 5 N–H and O–H groups in total. The van der Waals surface area contributed by atoms with Crippen molar-refractivity contribution < 1.29 is 13.5 Å². The monoisotopic (exact) mass is 440 g/mol. The molecular weight excluding hydrogens is 423 g/mol. The minimum atomic E-state index is -3.80. The Morgan fingerprint density at radius 3 is 2.61 bits per heavy atom. The first kappa shape index (κ1) is 19.5. The van der Waals surface area contributed by atoms with Crippen LogP contribution in [0.15, 0.2) is 35.2 Å². The van der Waals surface area contributed by atoms with Crippen LogP contribution in [-0.4, -0.2) is 35.9 Å². The molecule has 2 aromatic carbocycles. The number of hydrogen-bond acceptors (Lipinski definition) is 5. The van der Waals surface area contributed by atoms with Crippen LogP contribution in [0.1, 0.15) is 19.3 Å². The van der Waals surface area contributed by atoms with Crippen molar-refractivity contribution in [1.29, 1.82) is 0 Å². The van der Waals surface area contributed by atoms with Gasteiger partial charge in [0.1, 0.15) is 0 Å². The van der Waals surface area contributed by atoms with E-state index in [4.69, 9.17) is 28.9 Å². The number of nitrogens with zero attached hydrogens (tertiary/aromatic N) is 1. The van der Waals surface area contributed by atoms with E-state index in [1.54, 1.807) is 18.2 Å². The lowest BCUT2D eigenvalue weighted by Crippen LogP contribution is -2.39. The first-order valence-corrected chi connectivity index (χ1v) is 10.9. The second-order valence-corrected chi connectivity index (χ2v) is 9.33. The summed E-state index contributed by atoms with van der Waals surface area (Å²) in [4.78, 5) is 0.0281. The van der Waals surface area contributed by atoms with E-state index in [1.165, 1.54) is 12.1 Å². The highest BCUT2D eigenvalue weighted by Gasteiger charge is 2.30. The zero-order valence-corrected chi connectivity index (χ0v) is 16.9. The summed E-state index contributed by atoms with van der Waals surface area (Å²) in [5.74, 6) is 0.275. The predicted octanol–water partition coefficient (Wildman–Crippen LogP) is 3.31. The molecule has 1 aromatic heterocycles. The lowest BCUT2D eigenvalue weighted by atomic mass is 10.0. The number of nitrogens with one attached hydrogen (secondary N) is 2. The number of aliphatic hydroxyl groups excluding tert-OH is 1. The molecule has 4 rings (SSSR count). The molecule has 1 aliphatic rings. The molecule has 7 nitrogen and oxygen atoms in total. The smallest absolute Gasteiger partial charge is 0.240 e. The molecule has 1 saturated carbocycles. The average Bonchev–Trinajstić information content (AvgIpc) is 3.22. The van der Waals surface area contributed by atoms with E-state index in [9.17, 15) is 13.5 Å². The zero-order valence-electron chi connectivity index (χ0n) is 14.6. The molecule has 148 valence electrons. The summed E-state index contributed by atoms with van der Waals surface area (Å²) in [6.07, 6.45) is 1.31. The lowest BCUT2D eigenvalue weighted by Gasteiger charge is -2.17. The van der Waals surface area contributed by atoms with Gasteiger partial charge in [-0.2, -0.15) is 5.10 Å². The summed E-state index contributed by atoms with van der Waals surface area (Å²) in [5.41, 5.74) is 7.76. The van der Waals surface area contributed by atoms with Crippen LogP contribution in [0.2, 0.25) is 10.0 Å². The van der Waals surface area contributed by atoms with Gasteiger partial charge in [0.15, 0.2) is 5.82 Å². The third-order valence-corrected chi connectivity index (χ3v) is 7.21. The largest absolute Gasteiger partial charge is 0.391 e. The molecule has 0 aliphatic heterocycles. The van der Waals surface area contributed by atoms with E-state index in [2.05, 4.69) is 14.9 Å². The van der Waals surface area contributed by atoms with Crippen molar-refractivity contribution >= 4 is 49.9 Å². The van der Waals surface area contributed by atoms with E-state index in [0.29, 0.717) is 39.9 Å². The minimum absolute atomic E-state index is 0.0281. The Morgan fingerprint density at radius 1 is 1.18 bits per heavy atom. The topological polar surface area (TPSA) is 121 Å². The maximum atomic E-state index is 12.6. The van der Waals surface area contributed by atoms with E-state index >= 15 is 0 Å². The van der Waals surface area contributed by atoms with Gasteiger partial charge < -0.3 is 10.8 Å². The number of rotatable bonds is 4. The van der Waals surface area contributed by atoms with Crippen molar-refractivity contribution in [2.24, 2.45) is 0 Å². The number of aliphatic hydroxyl groups is 1. The molecule has 0 bridgehead atoms. The van der Waals surface area contributed by atoms with Crippen LogP contribution in [0.3, 0.4) is 0 Å². The van der Waals surface area contributed by atoms with Crippen molar-refractivity contribution in [3.8, 4) is 11.1 Å². The number of fused-ring (bicyclic) bond motifs is 1. The number of sulfonamides is 1. The first-order chi connectivity index (χ1) is 13.3. The third-order valence-electron chi connectivity index (χ3n) is 5.02. The van der Waals surface area contributed by atoms with Crippen LogP contribution in [0, 0.1) is 0 Å². The Balaban J connectivity index is 1.70. The molecule has 1 heterocycles. The SMILES string of the molecule is Nc1n[nH]c2ccc(-c3ccc(S(=O)(=O)NC4CCCC4O)cc3Cl)c(Cl)c12. The van der Waals surface area contributed by atoms with Gasteiger partial charge in [0, 0.05) is 22.2 Å². The summed E-state index contributed by atoms with van der Waals surface area (Å²) in [6, 6.07) is 7.51. The summed E-state index contributed by atoms with van der Waals surface area (Å²) in [6.45, 7) is 0. The van der Waals surface area contributed by atoms with Gasteiger partial charge in [0.25, 0.3) is 0 Å². The molecule has 10 heteroatoms. The summed E-state index contributed by atoms with van der Waals surface area (Å²) < 4.78 is 27.9. The number of H-pyrrole nitrogens is 1. The number of halogens is 2. The highest BCUT2D eigenvalue weighted by molar-refractivity contribution is 7.89. The highest BCUT2D eigenvalue weighted by Crippen LogP contribution is 2.39. The molecule has 1 aliphatic carbocycles. The maximum Gasteiger partial charge on any atom is 0.240 e. The van der Waals surface area contributed by atoms with Gasteiger partial charge in [-0.1, -0.05) is 35.3 Å². The predicted molar refractivity (Wildman–Crippen MR) is 110 cm³/mol. The number of aromatic amines is 1. The molecule has 3 aromatic rings. The number of nitrogen functional groups attached to an aromatic ring is 1. The maximum absolute atomic E-state index is 12.6. The lowest BCUT2D eigenvalue weighted by molar-refractivity contribution is 0.159. The van der Waals surface area contributed by atoms with Gasteiger partial charge in [-0.3, -0.25) is 5.10 Å². The van der Waals surface area contributed by atoms with Crippen LogP contribution in [-0.2, 0) is 10.0 Å². The van der Waals surface area contributed by atoms with E-state index in [0.717, 1.165) is 6.42 Å². The Hall–Kier alpha value is -1.84. The minimum Gasteiger partial charge on any atom is -0.391 e. The van der Waals surface area contributed by atoms with Crippen LogP contribution in [0.5, 0.6) is 0 Å². The summed E-state index contributed by atoms with van der Waals surface area (Å²) in [7, 11) is -3.80. The van der Waals surface area contributed by atoms with Crippen LogP contribution >= 0.6 is 23.2 Å². The van der Waals surface area contributed by atoms with E-state index in [-0.39, 0.29) is 15.7 Å². The van der Waals surface area contributed by atoms with Gasteiger partial charge in [0.2, 0.25) is 10.0 Å². The molecular formula is C18H18Cl2N4O3S. The third kappa shape index (κ3) is 3.35. The summed E-state index contributed by atoms with van der Waals surface area (Å²) in [5, 5.41) is 17.8. The number of benzene rings is 2. The van der Waals surface area contributed by atoms with Gasteiger partial charge in [-0.25, -0.2) is 13.1 Å². The van der Waals surface area contributed by atoms with E-state index in [1.807, 2.05) is 0 Å². The molecule has 1 fully saturated rings. The number of anilines is 1. The van der Waals surface area contributed by atoms with E-state index < -0.39 is 22.2 Å².